The Kier molecular flexibility index (Phi) is 8.44. The predicted octanol–water partition coefficient (Wildman–Crippen LogP) is 4.58. The fourth-order valence-electron chi connectivity index (χ4n) is 6.71. The van der Waals surface area contributed by atoms with Crippen LogP contribution >= 0.6 is 0 Å². The SMILES string of the molecule is Nc1c(Oc2ccc(F)cc2)ncn(CC2(O)CCN(C(=O)[C@@H]3CC[C@](O)(c4ccccc4)C[C@H]3c3ccccc3)CC2)c1=O. The minimum absolute atomic E-state index is 0.0198. The molecule has 3 aromatic carbocycles. The second-order valence-electron chi connectivity index (χ2n) is 12.3. The molecule has 1 amide bonds. The number of anilines is 1. The first-order valence-electron chi connectivity index (χ1n) is 15.3. The summed E-state index contributed by atoms with van der Waals surface area (Å²) in [5.41, 5.74) is 4.85. The number of ether oxygens (including phenoxy) is 1. The average Bonchev–Trinajstić information content (AvgIpc) is 3.06. The lowest BCUT2D eigenvalue weighted by Gasteiger charge is -2.45. The van der Waals surface area contributed by atoms with E-state index in [0.29, 0.717) is 32.4 Å². The molecule has 1 aliphatic carbocycles. The van der Waals surface area contributed by atoms with Crippen molar-refractivity contribution in [2.75, 3.05) is 18.8 Å². The number of hydrogen-bond acceptors (Lipinski definition) is 7. The fourth-order valence-corrected chi connectivity index (χ4v) is 6.71. The normalized spacial score (nSPS) is 23.0. The van der Waals surface area contributed by atoms with Gasteiger partial charge in [0.05, 0.1) is 17.7 Å². The molecule has 2 heterocycles. The number of hydrogen-bond donors (Lipinski definition) is 3. The molecule has 2 fully saturated rings. The van der Waals surface area contributed by atoms with Crippen LogP contribution in [0.25, 0.3) is 0 Å². The highest BCUT2D eigenvalue weighted by Gasteiger charge is 2.46. The lowest BCUT2D eigenvalue weighted by molar-refractivity contribution is -0.144. The van der Waals surface area contributed by atoms with E-state index in [1.807, 2.05) is 60.7 Å². The second-order valence-corrected chi connectivity index (χ2v) is 12.3. The minimum Gasteiger partial charge on any atom is -0.437 e. The zero-order valence-corrected chi connectivity index (χ0v) is 24.9. The molecule has 4 aromatic rings. The van der Waals surface area contributed by atoms with Crippen molar-refractivity contribution in [3.63, 3.8) is 0 Å². The number of nitrogen functional groups attached to an aromatic ring is 1. The topological polar surface area (TPSA) is 131 Å². The Bertz CT molecular complexity index is 1690. The summed E-state index contributed by atoms with van der Waals surface area (Å²) in [7, 11) is 0. The van der Waals surface area contributed by atoms with Crippen LogP contribution in [0, 0.1) is 11.7 Å². The van der Waals surface area contributed by atoms with Crippen molar-refractivity contribution in [3.05, 3.63) is 119 Å². The summed E-state index contributed by atoms with van der Waals surface area (Å²) in [6.45, 7) is 0.626. The van der Waals surface area contributed by atoms with E-state index in [1.54, 1.807) is 4.90 Å². The molecule has 4 N–H and O–H groups in total. The molecule has 0 spiro atoms. The summed E-state index contributed by atoms with van der Waals surface area (Å²) in [6, 6.07) is 24.8. The van der Waals surface area contributed by atoms with E-state index < -0.39 is 22.6 Å². The molecule has 234 valence electrons. The number of carbonyl (C=O) groups is 1. The molecule has 0 bridgehead atoms. The number of nitrogens with zero attached hydrogens (tertiary/aromatic N) is 3. The van der Waals surface area contributed by atoms with Crippen LogP contribution in [0.2, 0.25) is 0 Å². The molecule has 1 aliphatic heterocycles. The van der Waals surface area contributed by atoms with Crippen molar-refractivity contribution in [1.82, 2.24) is 14.5 Å². The molecule has 45 heavy (non-hydrogen) atoms. The second kappa shape index (κ2) is 12.5. The van der Waals surface area contributed by atoms with Crippen LogP contribution in [0.5, 0.6) is 11.6 Å². The zero-order chi connectivity index (χ0) is 31.6. The first-order chi connectivity index (χ1) is 21.6. The van der Waals surface area contributed by atoms with Gasteiger partial charge >= 0.3 is 0 Å². The number of aromatic nitrogens is 2. The summed E-state index contributed by atoms with van der Waals surface area (Å²) in [5, 5.41) is 23.2. The highest BCUT2D eigenvalue weighted by atomic mass is 19.1. The average molecular weight is 613 g/mol. The third-order valence-corrected chi connectivity index (χ3v) is 9.30. The van der Waals surface area contributed by atoms with Crippen LogP contribution in [0.4, 0.5) is 10.1 Å². The van der Waals surface area contributed by atoms with Gasteiger partial charge in [0.1, 0.15) is 17.9 Å². The molecule has 2 aliphatic rings. The molecular formula is C35H37FN4O5. The van der Waals surface area contributed by atoms with Crippen LogP contribution in [0.15, 0.2) is 96.1 Å². The Morgan fingerprint density at radius 3 is 2.27 bits per heavy atom. The van der Waals surface area contributed by atoms with Crippen molar-refractivity contribution in [2.45, 2.75) is 55.8 Å². The smallest absolute Gasteiger partial charge is 0.280 e. The highest BCUT2D eigenvalue weighted by Crippen LogP contribution is 2.48. The Hall–Kier alpha value is -4.54. The van der Waals surface area contributed by atoms with Crippen LogP contribution in [-0.2, 0) is 16.9 Å². The third-order valence-electron chi connectivity index (χ3n) is 9.30. The molecule has 0 unspecified atom stereocenters. The summed E-state index contributed by atoms with van der Waals surface area (Å²) < 4.78 is 20.0. The lowest BCUT2D eigenvalue weighted by atomic mass is 9.66. The van der Waals surface area contributed by atoms with Gasteiger partial charge in [0.15, 0.2) is 5.69 Å². The summed E-state index contributed by atoms with van der Waals surface area (Å²) in [5.74, 6) is -0.698. The largest absolute Gasteiger partial charge is 0.437 e. The van der Waals surface area contributed by atoms with E-state index in [2.05, 4.69) is 4.98 Å². The number of halogens is 1. The van der Waals surface area contributed by atoms with Crippen molar-refractivity contribution in [1.29, 1.82) is 0 Å². The Labute approximate surface area is 260 Å². The highest BCUT2D eigenvalue weighted by molar-refractivity contribution is 5.80. The summed E-state index contributed by atoms with van der Waals surface area (Å²) >= 11 is 0. The maximum absolute atomic E-state index is 14.0. The minimum atomic E-state index is -1.24. The van der Waals surface area contributed by atoms with E-state index >= 15 is 0 Å². The monoisotopic (exact) mass is 612 g/mol. The molecule has 10 heteroatoms. The lowest BCUT2D eigenvalue weighted by Crippen LogP contribution is -2.52. The van der Waals surface area contributed by atoms with E-state index in [0.717, 1.165) is 11.1 Å². The van der Waals surface area contributed by atoms with E-state index in [-0.39, 0.29) is 54.4 Å². The number of piperidine rings is 1. The zero-order valence-electron chi connectivity index (χ0n) is 24.9. The van der Waals surface area contributed by atoms with Gasteiger partial charge in [0.2, 0.25) is 11.8 Å². The number of amides is 1. The molecule has 9 nitrogen and oxygen atoms in total. The van der Waals surface area contributed by atoms with E-state index in [4.69, 9.17) is 10.5 Å². The van der Waals surface area contributed by atoms with Gasteiger partial charge in [0, 0.05) is 19.0 Å². The molecule has 1 aromatic heterocycles. The fraction of sp³-hybridized carbons (Fsp3) is 0.343. The predicted molar refractivity (Wildman–Crippen MR) is 167 cm³/mol. The van der Waals surface area contributed by atoms with Gasteiger partial charge in [-0.1, -0.05) is 60.7 Å². The van der Waals surface area contributed by atoms with E-state index in [1.165, 1.54) is 35.2 Å². The first kappa shape index (κ1) is 30.5. The van der Waals surface area contributed by atoms with Crippen LogP contribution < -0.4 is 16.0 Å². The van der Waals surface area contributed by atoms with Crippen molar-refractivity contribution >= 4 is 11.6 Å². The Morgan fingerprint density at radius 1 is 0.956 bits per heavy atom. The Balaban J connectivity index is 1.13. The molecule has 3 atom stereocenters. The number of nitrogens with two attached hydrogens (primary N) is 1. The van der Waals surface area contributed by atoms with Crippen LogP contribution in [0.1, 0.15) is 49.1 Å². The Morgan fingerprint density at radius 2 is 1.60 bits per heavy atom. The van der Waals surface area contributed by atoms with Gasteiger partial charge in [-0.15, -0.1) is 0 Å². The van der Waals surface area contributed by atoms with Gasteiger partial charge in [-0.3, -0.25) is 14.2 Å². The van der Waals surface area contributed by atoms with Gasteiger partial charge in [0.25, 0.3) is 5.56 Å². The summed E-state index contributed by atoms with van der Waals surface area (Å²) in [6.07, 6.45) is 3.27. The third kappa shape index (κ3) is 6.48. The summed E-state index contributed by atoms with van der Waals surface area (Å²) in [4.78, 5) is 33.0. The van der Waals surface area contributed by atoms with E-state index in [9.17, 15) is 24.2 Å². The van der Waals surface area contributed by atoms with Gasteiger partial charge in [-0.25, -0.2) is 9.37 Å². The molecule has 1 saturated heterocycles. The van der Waals surface area contributed by atoms with Crippen LogP contribution in [0.3, 0.4) is 0 Å². The molecule has 0 radical (unpaired) electrons. The van der Waals surface area contributed by atoms with Crippen molar-refractivity contribution in [2.24, 2.45) is 5.92 Å². The molecule has 1 saturated carbocycles. The quantitative estimate of drug-likeness (QED) is 0.279. The number of rotatable bonds is 7. The number of likely N-dealkylation sites (tertiary alicyclic amines) is 1. The van der Waals surface area contributed by atoms with Crippen molar-refractivity contribution < 1.29 is 24.1 Å². The van der Waals surface area contributed by atoms with Gasteiger partial charge in [-0.05, 0) is 73.4 Å². The number of carbonyl (C=O) groups excluding carboxylic acids is 1. The van der Waals surface area contributed by atoms with Gasteiger partial charge in [-0.2, -0.15) is 0 Å². The van der Waals surface area contributed by atoms with Crippen LogP contribution in [-0.4, -0.2) is 49.3 Å². The number of benzene rings is 3. The molecular weight excluding hydrogens is 575 g/mol. The van der Waals surface area contributed by atoms with Gasteiger partial charge < -0.3 is 25.6 Å². The molecule has 6 rings (SSSR count). The maximum atomic E-state index is 14.0. The number of aliphatic hydroxyl groups is 2. The maximum Gasteiger partial charge on any atom is 0.280 e. The van der Waals surface area contributed by atoms with Crippen molar-refractivity contribution in [3.8, 4) is 11.6 Å². The first-order valence-corrected chi connectivity index (χ1v) is 15.3. The standard InChI is InChI=1S/C35H37FN4O5/c36-26-11-13-27(14-12-26)45-31-30(37)33(42)40(23-38-31)22-34(43)17-19-39(20-18-34)32(41)28-15-16-35(44,25-9-5-2-6-10-25)21-29(28)24-7-3-1-4-8-24/h1-14,23,28-29,43-44H,15-22,37H2/t28-,29+,35-/m1/s1.